The quantitative estimate of drug-likeness (QED) is 0.650. The van der Waals surface area contributed by atoms with E-state index in [9.17, 15) is 4.79 Å². The predicted molar refractivity (Wildman–Crippen MR) is 81.1 cm³/mol. The zero-order valence-electron chi connectivity index (χ0n) is 11.6. The van der Waals surface area contributed by atoms with Gasteiger partial charge < -0.3 is 0 Å². The molecule has 0 fully saturated rings. The van der Waals surface area contributed by atoms with Gasteiger partial charge in [-0.2, -0.15) is 0 Å². The molecule has 0 saturated heterocycles. The molecule has 0 aliphatic rings. The first-order valence-corrected chi connectivity index (χ1v) is 6.62. The average Bonchev–Trinajstić information content (AvgIpc) is 2.48. The lowest BCUT2D eigenvalue weighted by Gasteiger charge is -2.07. The molecule has 20 heavy (non-hydrogen) atoms. The third kappa shape index (κ3) is 2.21. The van der Waals surface area contributed by atoms with Crippen molar-refractivity contribution in [2.45, 2.75) is 13.8 Å². The van der Waals surface area contributed by atoms with Crippen molar-refractivity contribution in [2.75, 3.05) is 0 Å². The summed E-state index contributed by atoms with van der Waals surface area (Å²) < 4.78 is 0. The fourth-order valence-corrected chi connectivity index (χ4v) is 2.34. The maximum atomic E-state index is 12.6. The number of nitrogens with zero attached hydrogens (tertiary/aromatic N) is 1. The molecule has 1 aromatic heterocycles. The average molecular weight is 261 g/mol. The Morgan fingerprint density at radius 2 is 1.85 bits per heavy atom. The molecule has 0 amide bonds. The summed E-state index contributed by atoms with van der Waals surface area (Å²) in [5.41, 5.74) is 4.40. The molecule has 0 spiro atoms. The highest BCUT2D eigenvalue weighted by molar-refractivity contribution is 6.11. The Balaban J connectivity index is 2.10. The zero-order valence-corrected chi connectivity index (χ0v) is 11.6. The van der Waals surface area contributed by atoms with Crippen molar-refractivity contribution >= 4 is 16.7 Å². The van der Waals surface area contributed by atoms with Gasteiger partial charge in [0.1, 0.15) is 0 Å². The number of aryl methyl sites for hydroxylation is 2. The fourth-order valence-electron chi connectivity index (χ4n) is 2.34. The Bertz CT molecular complexity index is 805. The van der Waals surface area contributed by atoms with E-state index in [1.165, 1.54) is 0 Å². The fraction of sp³-hybridized carbons (Fsp3) is 0.111. The number of hydrogen-bond donors (Lipinski definition) is 0. The Kier molecular flexibility index (Phi) is 3.07. The summed E-state index contributed by atoms with van der Waals surface area (Å²) in [7, 11) is 0. The molecule has 3 rings (SSSR count). The van der Waals surface area contributed by atoms with Crippen LogP contribution in [0.15, 0.2) is 54.7 Å². The van der Waals surface area contributed by atoms with Crippen LogP contribution in [0.25, 0.3) is 10.9 Å². The smallest absolute Gasteiger partial charge is 0.193 e. The molecule has 0 unspecified atom stereocenters. The molecule has 1 heterocycles. The van der Waals surface area contributed by atoms with Gasteiger partial charge in [-0.1, -0.05) is 35.9 Å². The van der Waals surface area contributed by atoms with E-state index in [4.69, 9.17) is 0 Å². The van der Waals surface area contributed by atoms with Crippen molar-refractivity contribution in [1.29, 1.82) is 0 Å². The van der Waals surface area contributed by atoms with E-state index in [1.807, 2.05) is 62.4 Å². The van der Waals surface area contributed by atoms with Gasteiger partial charge in [0.25, 0.3) is 0 Å². The number of hydrogen-bond acceptors (Lipinski definition) is 2. The number of benzene rings is 2. The molecule has 0 saturated carbocycles. The van der Waals surface area contributed by atoms with Crippen molar-refractivity contribution < 1.29 is 4.79 Å². The highest BCUT2D eigenvalue weighted by atomic mass is 16.1. The van der Waals surface area contributed by atoms with E-state index in [-0.39, 0.29) is 5.78 Å². The maximum absolute atomic E-state index is 12.6. The van der Waals surface area contributed by atoms with Gasteiger partial charge in [-0.25, -0.2) is 0 Å². The number of rotatable bonds is 2. The van der Waals surface area contributed by atoms with Crippen LogP contribution in [0.4, 0.5) is 0 Å². The van der Waals surface area contributed by atoms with Gasteiger partial charge in [0.2, 0.25) is 0 Å². The molecule has 3 aromatic rings. The Hall–Kier alpha value is -2.48. The van der Waals surface area contributed by atoms with E-state index in [2.05, 4.69) is 4.98 Å². The molecular formula is C18H15NO. The lowest BCUT2D eigenvalue weighted by atomic mass is 9.96. The van der Waals surface area contributed by atoms with Gasteiger partial charge in [0.15, 0.2) is 5.78 Å². The first kappa shape index (κ1) is 12.5. The third-order valence-electron chi connectivity index (χ3n) is 3.51. The van der Waals surface area contributed by atoms with Gasteiger partial charge in [-0.05, 0) is 37.6 Å². The maximum Gasteiger partial charge on any atom is 0.193 e. The second-order valence-electron chi connectivity index (χ2n) is 5.06. The minimum absolute atomic E-state index is 0.0544. The standard InChI is InChI=1S/C18H15NO/c1-12-5-6-13(2)16(10-12)18(20)15-8-7-14-4-3-9-19-17(14)11-15/h3-11H,1-2H3. The first-order valence-electron chi connectivity index (χ1n) is 6.62. The molecule has 2 heteroatoms. The summed E-state index contributed by atoms with van der Waals surface area (Å²) in [6.45, 7) is 3.96. The normalized spacial score (nSPS) is 10.7. The molecule has 98 valence electrons. The molecule has 0 atom stereocenters. The predicted octanol–water partition coefficient (Wildman–Crippen LogP) is 4.08. The molecule has 0 N–H and O–H groups in total. The van der Waals surface area contributed by atoms with Gasteiger partial charge in [0.05, 0.1) is 5.52 Å². The molecule has 2 aromatic carbocycles. The van der Waals surface area contributed by atoms with Crippen LogP contribution in [0.2, 0.25) is 0 Å². The van der Waals surface area contributed by atoms with Crippen LogP contribution in [0.3, 0.4) is 0 Å². The second kappa shape index (κ2) is 4.89. The van der Waals surface area contributed by atoms with E-state index in [0.29, 0.717) is 5.56 Å². The van der Waals surface area contributed by atoms with E-state index in [0.717, 1.165) is 27.6 Å². The molecule has 0 bridgehead atoms. The molecule has 0 aliphatic heterocycles. The number of carbonyl (C=O) groups excluding carboxylic acids is 1. The monoisotopic (exact) mass is 261 g/mol. The van der Waals surface area contributed by atoms with E-state index >= 15 is 0 Å². The van der Waals surface area contributed by atoms with Crippen LogP contribution in [0, 0.1) is 13.8 Å². The minimum Gasteiger partial charge on any atom is -0.289 e. The molecule has 0 radical (unpaired) electrons. The zero-order chi connectivity index (χ0) is 14.1. The van der Waals surface area contributed by atoms with Crippen molar-refractivity contribution in [3.63, 3.8) is 0 Å². The van der Waals surface area contributed by atoms with Crippen LogP contribution < -0.4 is 0 Å². The highest BCUT2D eigenvalue weighted by Gasteiger charge is 2.12. The van der Waals surface area contributed by atoms with Crippen LogP contribution in [0.1, 0.15) is 27.0 Å². The number of carbonyl (C=O) groups is 1. The van der Waals surface area contributed by atoms with E-state index < -0.39 is 0 Å². The van der Waals surface area contributed by atoms with Crippen molar-refractivity contribution in [1.82, 2.24) is 4.98 Å². The number of fused-ring (bicyclic) bond motifs is 1. The Labute approximate surface area is 118 Å². The SMILES string of the molecule is Cc1ccc(C)c(C(=O)c2ccc3cccnc3c2)c1. The summed E-state index contributed by atoms with van der Waals surface area (Å²) in [5.74, 6) is 0.0544. The van der Waals surface area contributed by atoms with Crippen LogP contribution in [-0.2, 0) is 0 Å². The van der Waals surface area contributed by atoms with Gasteiger partial charge in [-0.15, -0.1) is 0 Å². The number of pyridine rings is 1. The minimum atomic E-state index is 0.0544. The number of aromatic nitrogens is 1. The Morgan fingerprint density at radius 1 is 1.00 bits per heavy atom. The van der Waals surface area contributed by atoms with Crippen molar-refractivity contribution in [3.05, 3.63) is 77.0 Å². The number of ketones is 1. The summed E-state index contributed by atoms with van der Waals surface area (Å²) in [4.78, 5) is 16.9. The molecule has 0 aliphatic carbocycles. The Morgan fingerprint density at radius 3 is 2.70 bits per heavy atom. The van der Waals surface area contributed by atoms with Gasteiger partial charge in [-0.3, -0.25) is 9.78 Å². The lowest BCUT2D eigenvalue weighted by Crippen LogP contribution is -2.04. The van der Waals surface area contributed by atoms with Gasteiger partial charge >= 0.3 is 0 Å². The van der Waals surface area contributed by atoms with Crippen LogP contribution in [0.5, 0.6) is 0 Å². The summed E-state index contributed by atoms with van der Waals surface area (Å²) >= 11 is 0. The third-order valence-corrected chi connectivity index (χ3v) is 3.51. The summed E-state index contributed by atoms with van der Waals surface area (Å²) in [6, 6.07) is 15.5. The second-order valence-corrected chi connectivity index (χ2v) is 5.06. The topological polar surface area (TPSA) is 30.0 Å². The summed E-state index contributed by atoms with van der Waals surface area (Å²) in [5, 5.41) is 1.05. The largest absolute Gasteiger partial charge is 0.289 e. The van der Waals surface area contributed by atoms with E-state index in [1.54, 1.807) is 6.20 Å². The van der Waals surface area contributed by atoms with Gasteiger partial charge in [0, 0.05) is 22.7 Å². The van der Waals surface area contributed by atoms with Crippen molar-refractivity contribution in [2.24, 2.45) is 0 Å². The highest BCUT2D eigenvalue weighted by Crippen LogP contribution is 2.19. The van der Waals surface area contributed by atoms with Crippen molar-refractivity contribution in [3.8, 4) is 0 Å². The molecular weight excluding hydrogens is 246 g/mol. The lowest BCUT2D eigenvalue weighted by molar-refractivity contribution is 0.103. The summed E-state index contributed by atoms with van der Waals surface area (Å²) in [6.07, 6.45) is 1.74. The van der Waals surface area contributed by atoms with Crippen LogP contribution >= 0.6 is 0 Å². The first-order chi connectivity index (χ1) is 9.65. The van der Waals surface area contributed by atoms with Crippen LogP contribution in [-0.4, -0.2) is 10.8 Å². The molecule has 2 nitrogen and oxygen atoms in total.